The summed E-state index contributed by atoms with van der Waals surface area (Å²) in [6.07, 6.45) is 9.91. The molecule has 294 valence electrons. The fourth-order valence-corrected chi connectivity index (χ4v) is 13.5. The Morgan fingerprint density at radius 2 is 1.62 bits per heavy atom. The highest BCUT2D eigenvalue weighted by atomic mass is 35.5. The van der Waals surface area contributed by atoms with Crippen LogP contribution in [0.2, 0.25) is 5.02 Å². The zero-order chi connectivity index (χ0) is 39.2. The molecule has 0 bridgehead atoms. The van der Waals surface area contributed by atoms with Gasteiger partial charge in [0.05, 0.1) is 29.5 Å². The minimum atomic E-state index is -1.17. The quantitative estimate of drug-likeness (QED) is 0.201. The highest BCUT2D eigenvalue weighted by molar-refractivity contribution is 6.30. The molecule has 0 aromatic carbocycles. The van der Waals surface area contributed by atoms with Crippen molar-refractivity contribution >= 4 is 29.3 Å². The number of carboxylic acids is 1. The summed E-state index contributed by atoms with van der Waals surface area (Å²) in [5.74, 6) is 0.248. The summed E-state index contributed by atoms with van der Waals surface area (Å²) in [4.78, 5) is 47.6. The number of ether oxygens (including phenoxy) is 1. The van der Waals surface area contributed by atoms with Crippen LogP contribution in [0.5, 0.6) is 0 Å². The Hall–Kier alpha value is -2.36. The SMILES string of the molecule is CC(C)C1=C2[C@@]([C@@H](O)CNCc3ncc(Cl)cn3)(CC[C@]3(C)[C@]2(C)CC[C@@H]2[C@@]4(C)CC[C@H](OC(=O)CC(C)(C)C(=O)O)C(C)(C)[C@H]4CC[C@]23C)CC1=O. The Bertz CT molecular complexity index is 1670. The minimum absolute atomic E-state index is 0.00162. The molecule has 10 heteroatoms. The van der Waals surface area contributed by atoms with E-state index in [2.05, 4.69) is 70.7 Å². The molecular weight excluding hydrogens is 690 g/mol. The van der Waals surface area contributed by atoms with Gasteiger partial charge in [0.25, 0.3) is 0 Å². The number of nitrogens with zero attached hydrogens (tertiary/aromatic N) is 2. The van der Waals surface area contributed by atoms with Gasteiger partial charge in [0, 0.05) is 36.2 Å². The van der Waals surface area contributed by atoms with E-state index in [4.69, 9.17) is 16.3 Å². The lowest BCUT2D eigenvalue weighted by Crippen LogP contribution is -2.69. The molecule has 5 aliphatic carbocycles. The molecule has 0 aliphatic heterocycles. The monoisotopic (exact) mass is 753 g/mol. The van der Waals surface area contributed by atoms with Crippen molar-refractivity contribution in [2.75, 3.05) is 6.54 Å². The van der Waals surface area contributed by atoms with Crippen LogP contribution in [0.15, 0.2) is 23.5 Å². The lowest BCUT2D eigenvalue weighted by molar-refractivity contribution is -0.252. The van der Waals surface area contributed by atoms with Gasteiger partial charge < -0.3 is 20.3 Å². The largest absolute Gasteiger partial charge is 0.481 e. The molecule has 9 atom stereocenters. The predicted molar refractivity (Wildman–Crippen MR) is 205 cm³/mol. The maximum atomic E-state index is 14.1. The highest BCUT2D eigenvalue weighted by Gasteiger charge is 2.74. The molecule has 0 amide bonds. The number of aromatic nitrogens is 2. The molecule has 5 aliphatic rings. The number of rotatable bonds is 10. The van der Waals surface area contributed by atoms with Crippen molar-refractivity contribution in [2.24, 2.45) is 55.7 Å². The van der Waals surface area contributed by atoms with Crippen molar-refractivity contribution in [2.45, 2.75) is 152 Å². The number of aliphatic hydroxyl groups excluding tert-OH is 1. The third-order valence-electron chi connectivity index (χ3n) is 16.5. The van der Waals surface area contributed by atoms with E-state index in [1.54, 1.807) is 26.2 Å². The zero-order valence-corrected chi connectivity index (χ0v) is 34.6. The molecule has 4 saturated carbocycles. The van der Waals surface area contributed by atoms with Crippen molar-refractivity contribution in [1.82, 2.24) is 15.3 Å². The summed E-state index contributed by atoms with van der Waals surface area (Å²) in [6.45, 7) is 22.7. The van der Waals surface area contributed by atoms with Crippen LogP contribution >= 0.6 is 11.6 Å². The molecule has 9 nitrogen and oxygen atoms in total. The van der Waals surface area contributed by atoms with Crippen LogP contribution in [0.1, 0.15) is 139 Å². The van der Waals surface area contributed by atoms with Gasteiger partial charge in [0.2, 0.25) is 0 Å². The van der Waals surface area contributed by atoms with E-state index < -0.39 is 28.9 Å². The van der Waals surface area contributed by atoms with Crippen LogP contribution in [0.4, 0.5) is 0 Å². The number of Topliss-reactive ketones (excluding diaryl/α,β-unsaturated/α-hetero) is 1. The van der Waals surface area contributed by atoms with Crippen molar-refractivity contribution in [3.8, 4) is 0 Å². The summed E-state index contributed by atoms with van der Waals surface area (Å²) in [5.41, 5.74) is -0.177. The Labute approximate surface area is 321 Å². The topological polar surface area (TPSA) is 139 Å². The molecule has 3 N–H and O–H groups in total. The summed E-state index contributed by atoms with van der Waals surface area (Å²) < 4.78 is 6.17. The van der Waals surface area contributed by atoms with E-state index in [1.165, 1.54) is 5.57 Å². The number of aliphatic hydroxyl groups is 1. The fraction of sp³-hybridized carbons (Fsp3) is 0.791. The van der Waals surface area contributed by atoms with Gasteiger partial charge in [0.15, 0.2) is 5.78 Å². The number of ketones is 1. The third-order valence-corrected chi connectivity index (χ3v) is 16.7. The summed E-state index contributed by atoms with van der Waals surface area (Å²) in [5, 5.41) is 25.7. The lowest BCUT2D eigenvalue weighted by Gasteiger charge is -2.75. The number of carbonyl (C=O) groups excluding carboxylic acids is 2. The Morgan fingerprint density at radius 3 is 2.25 bits per heavy atom. The smallest absolute Gasteiger partial charge is 0.309 e. The van der Waals surface area contributed by atoms with E-state index in [0.717, 1.165) is 56.9 Å². The first-order valence-electron chi connectivity index (χ1n) is 20.1. The molecule has 4 fully saturated rings. The summed E-state index contributed by atoms with van der Waals surface area (Å²) >= 11 is 5.99. The molecule has 0 saturated heterocycles. The summed E-state index contributed by atoms with van der Waals surface area (Å²) in [6, 6.07) is 0. The number of allylic oxidation sites excluding steroid dienone is 1. The normalized spacial score (nSPS) is 38.4. The van der Waals surface area contributed by atoms with Crippen LogP contribution in [0, 0.1) is 55.7 Å². The van der Waals surface area contributed by atoms with Crippen molar-refractivity contribution in [1.29, 1.82) is 0 Å². The number of hydrogen-bond acceptors (Lipinski definition) is 8. The second kappa shape index (κ2) is 13.4. The highest BCUT2D eigenvalue weighted by Crippen LogP contribution is 2.80. The standard InChI is InChI=1S/C43H64ClN3O6/c1-25(2)34-27(48)19-43(30(49)23-45-24-32-46-21-26(44)22-47-32)18-17-42(10)40(8)15-11-28-38(5,6)31(53-33(50)20-37(3,4)36(51)52)13-14-39(28,7)29(40)12-16-41(42,9)35(34)43/h21-22,25,28-31,45,49H,11-20,23-24H2,1-10H3,(H,51,52)/t28-,29-,30+,31+,39+,40-,41-,42+,43+/m1/s1. The van der Waals surface area contributed by atoms with Crippen LogP contribution in [0.25, 0.3) is 0 Å². The number of aliphatic carboxylic acids is 1. The second-order valence-corrected chi connectivity index (χ2v) is 20.6. The van der Waals surface area contributed by atoms with E-state index in [1.807, 2.05) is 0 Å². The number of hydrogen-bond donors (Lipinski definition) is 3. The van der Waals surface area contributed by atoms with Gasteiger partial charge in [-0.15, -0.1) is 0 Å². The van der Waals surface area contributed by atoms with Gasteiger partial charge in [-0.05, 0) is 116 Å². The Balaban J connectivity index is 1.29. The molecule has 1 heterocycles. The number of esters is 1. The first-order chi connectivity index (χ1) is 24.5. The van der Waals surface area contributed by atoms with E-state index in [9.17, 15) is 24.6 Å². The third kappa shape index (κ3) is 6.03. The molecule has 1 aromatic rings. The fourth-order valence-electron chi connectivity index (χ4n) is 13.4. The first-order valence-corrected chi connectivity index (χ1v) is 20.4. The molecule has 6 rings (SSSR count). The predicted octanol–water partition coefficient (Wildman–Crippen LogP) is 8.36. The molecular formula is C43H64ClN3O6. The van der Waals surface area contributed by atoms with Crippen LogP contribution in [0.3, 0.4) is 0 Å². The van der Waals surface area contributed by atoms with Crippen molar-refractivity contribution in [3.63, 3.8) is 0 Å². The van der Waals surface area contributed by atoms with Crippen LogP contribution < -0.4 is 5.32 Å². The van der Waals surface area contributed by atoms with E-state index in [-0.39, 0.29) is 51.3 Å². The maximum absolute atomic E-state index is 14.1. The van der Waals surface area contributed by atoms with Gasteiger partial charge in [-0.2, -0.15) is 0 Å². The van der Waals surface area contributed by atoms with Gasteiger partial charge in [0.1, 0.15) is 11.9 Å². The number of fused-ring (bicyclic) bond motifs is 7. The summed E-state index contributed by atoms with van der Waals surface area (Å²) in [7, 11) is 0. The lowest BCUT2D eigenvalue weighted by atomic mass is 9.29. The molecule has 0 unspecified atom stereocenters. The van der Waals surface area contributed by atoms with Crippen LogP contribution in [-0.4, -0.2) is 56.7 Å². The van der Waals surface area contributed by atoms with Crippen molar-refractivity contribution in [3.05, 3.63) is 34.4 Å². The first kappa shape index (κ1) is 40.3. The Morgan fingerprint density at radius 1 is 0.981 bits per heavy atom. The average molecular weight is 754 g/mol. The number of carbonyl (C=O) groups is 3. The second-order valence-electron chi connectivity index (χ2n) is 20.1. The van der Waals surface area contributed by atoms with E-state index >= 15 is 0 Å². The average Bonchev–Trinajstić information content (AvgIpc) is 3.38. The van der Waals surface area contributed by atoms with Crippen molar-refractivity contribution < 1.29 is 29.3 Å². The maximum Gasteiger partial charge on any atom is 0.309 e. The minimum Gasteiger partial charge on any atom is -0.481 e. The van der Waals surface area contributed by atoms with Gasteiger partial charge in [-0.3, -0.25) is 14.4 Å². The van der Waals surface area contributed by atoms with Crippen LogP contribution in [-0.2, 0) is 25.7 Å². The molecule has 0 spiro atoms. The number of carboxylic acid groups (broad SMARTS) is 1. The Kier molecular flexibility index (Phi) is 10.2. The zero-order valence-electron chi connectivity index (χ0n) is 33.8. The molecule has 1 aromatic heterocycles. The number of nitrogens with one attached hydrogen (secondary N) is 1. The molecule has 53 heavy (non-hydrogen) atoms. The van der Waals surface area contributed by atoms with Gasteiger partial charge >= 0.3 is 11.9 Å². The van der Waals surface area contributed by atoms with Gasteiger partial charge in [-0.25, -0.2) is 9.97 Å². The molecule has 0 radical (unpaired) electrons. The van der Waals surface area contributed by atoms with Gasteiger partial charge in [-0.1, -0.05) is 67.0 Å². The van der Waals surface area contributed by atoms with E-state index in [0.29, 0.717) is 42.2 Å². The number of halogens is 1.